The van der Waals surface area contributed by atoms with E-state index in [2.05, 4.69) is 6.92 Å². The van der Waals surface area contributed by atoms with Crippen molar-refractivity contribution in [2.45, 2.75) is 110 Å². The van der Waals surface area contributed by atoms with E-state index in [9.17, 15) is 14.4 Å². The topological polar surface area (TPSA) is 66.9 Å². The lowest BCUT2D eigenvalue weighted by Crippen LogP contribution is -2.51. The van der Waals surface area contributed by atoms with Crippen molar-refractivity contribution in [1.29, 1.82) is 0 Å². The summed E-state index contributed by atoms with van der Waals surface area (Å²) in [5, 5.41) is 2.14. The standard InChI is InChI=1S/C27H42N2O4/c1-5-6-7-8-9-10-11-12-13-14-15-18-21-28(26(32)33-27(2,3)4)29-24(30)22-19-16-17-20-23(22)25(29)31/h16-17,19-20H,5-15,18,21H2,1-4H3. The van der Waals surface area contributed by atoms with E-state index in [0.717, 1.165) is 17.9 Å². The number of carbonyl (C=O) groups excluding carboxylic acids is 3. The van der Waals surface area contributed by atoms with Gasteiger partial charge in [-0.15, -0.1) is 0 Å². The van der Waals surface area contributed by atoms with Crippen molar-refractivity contribution < 1.29 is 19.1 Å². The van der Waals surface area contributed by atoms with Crippen LogP contribution in [0.15, 0.2) is 24.3 Å². The summed E-state index contributed by atoms with van der Waals surface area (Å²) in [5.74, 6) is -0.944. The molecule has 0 fully saturated rings. The Bertz CT molecular complexity index is 750. The number of hydrogen-bond donors (Lipinski definition) is 0. The highest BCUT2D eigenvalue weighted by molar-refractivity contribution is 6.21. The number of carbonyl (C=O) groups is 3. The van der Waals surface area contributed by atoms with Crippen LogP contribution < -0.4 is 0 Å². The molecule has 3 amide bonds. The molecular formula is C27H42N2O4. The van der Waals surface area contributed by atoms with Gasteiger partial charge in [-0.3, -0.25) is 9.59 Å². The fourth-order valence-electron chi connectivity index (χ4n) is 4.09. The maximum absolute atomic E-state index is 12.9. The zero-order chi connectivity index (χ0) is 24.3. The monoisotopic (exact) mass is 458 g/mol. The molecule has 1 aliphatic rings. The number of ether oxygens (including phenoxy) is 1. The largest absolute Gasteiger partial charge is 0.442 e. The van der Waals surface area contributed by atoms with Gasteiger partial charge in [0.2, 0.25) is 0 Å². The van der Waals surface area contributed by atoms with E-state index in [1.165, 1.54) is 62.8 Å². The molecule has 1 heterocycles. The molecule has 6 nitrogen and oxygen atoms in total. The Morgan fingerprint density at radius 3 is 1.64 bits per heavy atom. The molecule has 33 heavy (non-hydrogen) atoms. The third kappa shape index (κ3) is 8.49. The smallest absolute Gasteiger partial charge is 0.429 e. The molecular weight excluding hydrogens is 416 g/mol. The summed E-state index contributed by atoms with van der Waals surface area (Å²) in [5.41, 5.74) is -0.0682. The van der Waals surface area contributed by atoms with E-state index in [4.69, 9.17) is 4.74 Å². The van der Waals surface area contributed by atoms with E-state index in [1.54, 1.807) is 45.0 Å². The molecule has 1 aromatic carbocycles. The summed E-state index contributed by atoms with van der Waals surface area (Å²) >= 11 is 0. The van der Waals surface area contributed by atoms with Crippen molar-refractivity contribution in [3.05, 3.63) is 35.4 Å². The van der Waals surface area contributed by atoms with Gasteiger partial charge >= 0.3 is 6.09 Å². The SMILES string of the molecule is CCCCCCCCCCCCCCN(C(=O)OC(C)(C)C)N1C(=O)c2ccccc2C1=O. The predicted molar refractivity (Wildman–Crippen MR) is 131 cm³/mol. The van der Waals surface area contributed by atoms with Crippen LogP contribution in [-0.4, -0.2) is 40.1 Å². The van der Waals surface area contributed by atoms with Crippen LogP contribution in [0.4, 0.5) is 4.79 Å². The van der Waals surface area contributed by atoms with Gasteiger partial charge in [0.15, 0.2) is 0 Å². The number of fused-ring (bicyclic) bond motifs is 1. The van der Waals surface area contributed by atoms with Gasteiger partial charge in [-0.2, -0.15) is 5.01 Å². The zero-order valence-corrected chi connectivity index (χ0v) is 21.0. The van der Waals surface area contributed by atoms with E-state index in [0.29, 0.717) is 17.5 Å². The first-order chi connectivity index (χ1) is 15.8. The van der Waals surface area contributed by atoms with E-state index in [1.807, 2.05) is 0 Å². The number of benzene rings is 1. The van der Waals surface area contributed by atoms with Crippen LogP contribution in [0, 0.1) is 0 Å². The van der Waals surface area contributed by atoms with Crippen molar-refractivity contribution in [2.75, 3.05) is 6.54 Å². The van der Waals surface area contributed by atoms with Gasteiger partial charge in [0.1, 0.15) is 5.60 Å². The molecule has 1 aliphatic heterocycles. The summed E-state index contributed by atoms with van der Waals surface area (Å²) in [6, 6.07) is 6.67. The van der Waals surface area contributed by atoms with Gasteiger partial charge in [-0.05, 0) is 39.3 Å². The second-order valence-electron chi connectivity index (χ2n) is 9.96. The third-order valence-electron chi connectivity index (χ3n) is 5.84. The Balaban J connectivity index is 1.82. The van der Waals surface area contributed by atoms with E-state index >= 15 is 0 Å². The number of hydrazine groups is 1. The van der Waals surface area contributed by atoms with Crippen LogP contribution in [0.3, 0.4) is 0 Å². The van der Waals surface area contributed by atoms with Crippen LogP contribution in [-0.2, 0) is 4.74 Å². The van der Waals surface area contributed by atoms with E-state index < -0.39 is 23.5 Å². The molecule has 184 valence electrons. The van der Waals surface area contributed by atoms with Gasteiger partial charge in [-0.25, -0.2) is 9.80 Å². The maximum Gasteiger partial charge on any atom is 0.429 e. The highest BCUT2D eigenvalue weighted by atomic mass is 16.6. The molecule has 0 aliphatic carbocycles. The molecule has 1 aromatic rings. The molecule has 0 atom stereocenters. The zero-order valence-electron chi connectivity index (χ0n) is 21.0. The minimum atomic E-state index is -0.718. The summed E-state index contributed by atoms with van der Waals surface area (Å²) in [7, 11) is 0. The number of unbranched alkanes of at least 4 members (excludes halogenated alkanes) is 11. The Labute approximate surface area is 199 Å². The molecule has 2 rings (SSSR count). The molecule has 0 radical (unpaired) electrons. The van der Waals surface area contributed by atoms with Gasteiger partial charge < -0.3 is 4.74 Å². The lowest BCUT2D eigenvalue weighted by atomic mass is 10.1. The number of hydrogen-bond acceptors (Lipinski definition) is 4. The molecule has 0 N–H and O–H groups in total. The van der Waals surface area contributed by atoms with Crippen molar-refractivity contribution >= 4 is 17.9 Å². The van der Waals surface area contributed by atoms with Gasteiger partial charge in [-0.1, -0.05) is 89.7 Å². The third-order valence-corrected chi connectivity index (χ3v) is 5.84. The van der Waals surface area contributed by atoms with Gasteiger partial charge in [0.05, 0.1) is 11.1 Å². The first-order valence-corrected chi connectivity index (χ1v) is 12.7. The second kappa shape index (κ2) is 13.4. The number of amides is 3. The van der Waals surface area contributed by atoms with Gasteiger partial charge in [0, 0.05) is 6.54 Å². The molecule has 0 bridgehead atoms. The van der Waals surface area contributed by atoms with Crippen LogP contribution in [0.5, 0.6) is 0 Å². The fraction of sp³-hybridized carbons (Fsp3) is 0.667. The van der Waals surface area contributed by atoms with Crippen molar-refractivity contribution in [2.24, 2.45) is 0 Å². The molecule has 0 unspecified atom stereocenters. The van der Waals surface area contributed by atoms with Crippen LogP contribution in [0.1, 0.15) is 125 Å². The molecule has 6 heteroatoms. The fourth-order valence-corrected chi connectivity index (χ4v) is 4.09. The molecule has 0 spiro atoms. The molecule has 0 saturated carbocycles. The molecule has 0 aromatic heterocycles. The Kier molecular flexibility index (Phi) is 10.9. The van der Waals surface area contributed by atoms with Gasteiger partial charge in [0.25, 0.3) is 11.8 Å². The summed E-state index contributed by atoms with van der Waals surface area (Å²) in [4.78, 5) is 38.7. The van der Waals surface area contributed by atoms with Crippen molar-refractivity contribution in [3.8, 4) is 0 Å². The maximum atomic E-state index is 12.9. The predicted octanol–water partition coefficient (Wildman–Crippen LogP) is 7.14. The van der Waals surface area contributed by atoms with Crippen molar-refractivity contribution in [1.82, 2.24) is 10.0 Å². The second-order valence-corrected chi connectivity index (χ2v) is 9.96. The summed E-state index contributed by atoms with van der Waals surface area (Å²) in [6.45, 7) is 7.84. The minimum Gasteiger partial charge on any atom is -0.442 e. The van der Waals surface area contributed by atoms with E-state index in [-0.39, 0.29) is 6.54 Å². The number of nitrogens with zero attached hydrogens (tertiary/aromatic N) is 2. The average molecular weight is 459 g/mol. The normalized spacial score (nSPS) is 13.4. The lowest BCUT2D eigenvalue weighted by Gasteiger charge is -2.32. The Morgan fingerprint density at radius 1 is 0.788 bits per heavy atom. The highest BCUT2D eigenvalue weighted by Crippen LogP contribution is 2.26. The first kappa shape index (κ1) is 26.9. The Morgan fingerprint density at radius 2 is 1.21 bits per heavy atom. The lowest BCUT2D eigenvalue weighted by molar-refractivity contribution is -0.0291. The van der Waals surface area contributed by atoms with Crippen LogP contribution in [0.25, 0.3) is 0 Å². The minimum absolute atomic E-state index is 0.276. The van der Waals surface area contributed by atoms with Crippen LogP contribution >= 0.6 is 0 Å². The number of rotatable bonds is 14. The number of imide groups is 1. The first-order valence-electron chi connectivity index (χ1n) is 12.7. The molecule has 0 saturated heterocycles. The highest BCUT2D eigenvalue weighted by Gasteiger charge is 2.42. The quantitative estimate of drug-likeness (QED) is 0.219. The summed E-state index contributed by atoms with van der Waals surface area (Å²) in [6.07, 6.45) is 13.8. The summed E-state index contributed by atoms with van der Waals surface area (Å²) < 4.78 is 5.51. The van der Waals surface area contributed by atoms with Crippen molar-refractivity contribution in [3.63, 3.8) is 0 Å². The average Bonchev–Trinajstić information content (AvgIpc) is 3.01. The Hall–Kier alpha value is -2.37. The van der Waals surface area contributed by atoms with Crippen LogP contribution in [0.2, 0.25) is 0 Å².